The van der Waals surface area contributed by atoms with E-state index in [-0.39, 0.29) is 24.4 Å². The highest BCUT2D eigenvalue weighted by Gasteiger charge is 2.15. The lowest BCUT2D eigenvalue weighted by atomic mass is 10.2. The Kier molecular flexibility index (Phi) is 10.6. The molecule has 0 spiro atoms. The zero-order valence-corrected chi connectivity index (χ0v) is 19.5. The lowest BCUT2D eigenvalue weighted by Gasteiger charge is -2.16. The number of amides is 2. The van der Waals surface area contributed by atoms with Gasteiger partial charge in [-0.25, -0.2) is 19.2 Å². The van der Waals surface area contributed by atoms with Gasteiger partial charge in [0.1, 0.15) is 25.4 Å². The molecule has 1 rings (SSSR count). The summed E-state index contributed by atoms with van der Waals surface area (Å²) in [6.45, 7) is 14.7. The maximum absolute atomic E-state index is 12.1. The second-order valence-electron chi connectivity index (χ2n) is 7.47. The fraction of sp³-hybridized carbons (Fsp3) is 0.391. The van der Waals surface area contributed by atoms with E-state index < -0.39 is 36.3 Å². The molecule has 2 amide bonds. The minimum atomic E-state index is -0.730. The summed E-state index contributed by atoms with van der Waals surface area (Å²) in [6.07, 6.45) is -2.79. The number of carbonyl (C=O) groups excluding carboxylic acids is 4. The van der Waals surface area contributed by atoms with Crippen LogP contribution in [0, 0.1) is 6.92 Å². The van der Waals surface area contributed by atoms with Gasteiger partial charge in [-0.1, -0.05) is 13.2 Å². The van der Waals surface area contributed by atoms with Crippen LogP contribution in [0.1, 0.15) is 33.3 Å². The first-order valence-electron chi connectivity index (χ1n) is 10.1. The van der Waals surface area contributed by atoms with Crippen LogP contribution in [0.25, 0.3) is 0 Å². The van der Waals surface area contributed by atoms with Crippen LogP contribution >= 0.6 is 0 Å². The third kappa shape index (κ3) is 10.4. The van der Waals surface area contributed by atoms with Crippen molar-refractivity contribution in [2.75, 3.05) is 23.8 Å². The quantitative estimate of drug-likeness (QED) is 0.302. The van der Waals surface area contributed by atoms with Gasteiger partial charge in [-0.2, -0.15) is 0 Å². The molecule has 0 fully saturated rings. The first-order chi connectivity index (χ1) is 15.4. The van der Waals surface area contributed by atoms with Crippen LogP contribution in [0.5, 0.6) is 0 Å². The van der Waals surface area contributed by atoms with Crippen LogP contribution in [0.4, 0.5) is 21.0 Å². The number of hydrogen-bond acceptors (Lipinski definition) is 8. The number of rotatable bonds is 10. The molecule has 0 saturated carbocycles. The van der Waals surface area contributed by atoms with Gasteiger partial charge in [-0.15, -0.1) is 0 Å². The number of hydrogen-bond donors (Lipinski definition) is 2. The van der Waals surface area contributed by atoms with Crippen molar-refractivity contribution in [2.24, 2.45) is 0 Å². The first-order valence-corrected chi connectivity index (χ1v) is 10.1. The molecule has 1 aromatic carbocycles. The van der Waals surface area contributed by atoms with Gasteiger partial charge in [-0.3, -0.25) is 10.6 Å². The van der Waals surface area contributed by atoms with Gasteiger partial charge in [0.15, 0.2) is 0 Å². The van der Waals surface area contributed by atoms with E-state index in [1.807, 2.05) is 0 Å². The Hall–Kier alpha value is -3.82. The average Bonchev–Trinajstić information content (AvgIpc) is 2.71. The van der Waals surface area contributed by atoms with E-state index in [1.54, 1.807) is 39.0 Å². The summed E-state index contributed by atoms with van der Waals surface area (Å²) >= 11 is 0. The molecule has 0 aromatic heterocycles. The summed E-state index contributed by atoms with van der Waals surface area (Å²) < 4.78 is 20.1. The van der Waals surface area contributed by atoms with E-state index >= 15 is 0 Å². The Labute approximate surface area is 192 Å². The van der Waals surface area contributed by atoms with E-state index in [0.29, 0.717) is 16.9 Å². The normalized spacial score (nSPS) is 11.9. The SMILES string of the molecule is C=C(C)C(=O)OCC(C)OC(=O)Nc1ccc(NC(=O)OC(C)COC(=O)C(=C)C)c(C)c1. The van der Waals surface area contributed by atoms with Crippen LogP contribution in [-0.2, 0) is 28.5 Å². The van der Waals surface area contributed by atoms with Crippen LogP contribution in [0.2, 0.25) is 0 Å². The molecule has 180 valence electrons. The van der Waals surface area contributed by atoms with E-state index in [2.05, 4.69) is 23.8 Å². The van der Waals surface area contributed by atoms with Gasteiger partial charge < -0.3 is 18.9 Å². The molecule has 0 aliphatic carbocycles. The number of nitrogens with one attached hydrogen (secondary N) is 2. The monoisotopic (exact) mass is 462 g/mol. The lowest BCUT2D eigenvalue weighted by molar-refractivity contribution is -0.142. The Bertz CT molecular complexity index is 925. The van der Waals surface area contributed by atoms with Gasteiger partial charge in [0.05, 0.1) is 0 Å². The second-order valence-corrected chi connectivity index (χ2v) is 7.47. The fourth-order valence-electron chi connectivity index (χ4n) is 2.23. The lowest BCUT2D eigenvalue weighted by Crippen LogP contribution is -2.26. The maximum atomic E-state index is 12.1. The zero-order chi connectivity index (χ0) is 25.1. The summed E-state index contributed by atoms with van der Waals surface area (Å²) in [4.78, 5) is 46.8. The third-order valence-corrected chi connectivity index (χ3v) is 3.92. The van der Waals surface area contributed by atoms with E-state index in [4.69, 9.17) is 18.9 Å². The molecule has 0 bridgehead atoms. The molecule has 0 radical (unpaired) electrons. The van der Waals surface area contributed by atoms with Crippen molar-refractivity contribution in [3.63, 3.8) is 0 Å². The summed E-state index contributed by atoms with van der Waals surface area (Å²) in [6, 6.07) is 4.77. The molecule has 2 unspecified atom stereocenters. The van der Waals surface area contributed by atoms with Crippen molar-refractivity contribution in [1.29, 1.82) is 0 Å². The largest absolute Gasteiger partial charge is 0.458 e. The Balaban J connectivity index is 2.52. The smallest absolute Gasteiger partial charge is 0.412 e. The Morgan fingerprint density at radius 2 is 1.30 bits per heavy atom. The van der Waals surface area contributed by atoms with Crippen molar-refractivity contribution in [3.05, 3.63) is 48.1 Å². The first kappa shape index (κ1) is 27.2. The Morgan fingerprint density at radius 1 is 0.848 bits per heavy atom. The summed E-state index contributed by atoms with van der Waals surface area (Å²) in [5.74, 6) is -1.13. The molecule has 0 aliphatic heterocycles. The molecule has 0 aliphatic rings. The molecular formula is C23H30N2O8. The van der Waals surface area contributed by atoms with Crippen LogP contribution in [-0.4, -0.2) is 49.5 Å². The van der Waals surface area contributed by atoms with E-state index in [1.165, 1.54) is 13.8 Å². The fourth-order valence-corrected chi connectivity index (χ4v) is 2.23. The van der Waals surface area contributed by atoms with Crippen LogP contribution < -0.4 is 10.6 Å². The van der Waals surface area contributed by atoms with Crippen LogP contribution in [0.3, 0.4) is 0 Å². The summed E-state index contributed by atoms with van der Waals surface area (Å²) in [5.41, 5.74) is 2.04. The number of anilines is 2. The van der Waals surface area contributed by atoms with Gasteiger partial charge in [0, 0.05) is 22.5 Å². The molecule has 10 heteroatoms. The van der Waals surface area contributed by atoms with E-state index in [0.717, 1.165) is 0 Å². The molecule has 33 heavy (non-hydrogen) atoms. The molecule has 2 atom stereocenters. The zero-order valence-electron chi connectivity index (χ0n) is 19.5. The maximum Gasteiger partial charge on any atom is 0.412 e. The minimum absolute atomic E-state index is 0.103. The van der Waals surface area contributed by atoms with Gasteiger partial charge in [-0.05, 0) is 58.4 Å². The standard InChI is InChI=1S/C23H30N2O8/c1-13(2)20(26)30-11-16(6)32-22(28)24-18-8-9-19(15(5)10-18)25-23(29)33-17(7)12-31-21(27)14(3)4/h8-10,16-17H,1,3,11-12H2,2,4-7H3,(H,24,28)(H,25,29). The summed E-state index contributed by atoms with van der Waals surface area (Å²) in [5, 5.41) is 5.14. The number of esters is 2. The highest BCUT2D eigenvalue weighted by molar-refractivity contribution is 5.89. The second kappa shape index (κ2) is 12.9. The number of ether oxygens (including phenoxy) is 4. The Morgan fingerprint density at radius 3 is 1.73 bits per heavy atom. The van der Waals surface area contributed by atoms with Gasteiger partial charge in [0.2, 0.25) is 0 Å². The highest BCUT2D eigenvalue weighted by Crippen LogP contribution is 2.20. The third-order valence-electron chi connectivity index (χ3n) is 3.92. The number of benzene rings is 1. The summed E-state index contributed by atoms with van der Waals surface area (Å²) in [7, 11) is 0. The predicted octanol–water partition coefficient (Wildman–Crippen LogP) is 4.11. The van der Waals surface area contributed by atoms with Gasteiger partial charge >= 0.3 is 24.1 Å². The number of aryl methyl sites for hydroxylation is 1. The highest BCUT2D eigenvalue weighted by atomic mass is 16.6. The van der Waals surface area contributed by atoms with Crippen LogP contribution in [0.15, 0.2) is 42.5 Å². The van der Waals surface area contributed by atoms with Crippen molar-refractivity contribution >= 4 is 35.5 Å². The van der Waals surface area contributed by atoms with Crippen molar-refractivity contribution in [1.82, 2.24) is 0 Å². The molecule has 1 aromatic rings. The molecule has 2 N–H and O–H groups in total. The van der Waals surface area contributed by atoms with Crippen molar-refractivity contribution in [3.8, 4) is 0 Å². The average molecular weight is 462 g/mol. The topological polar surface area (TPSA) is 129 Å². The van der Waals surface area contributed by atoms with Crippen molar-refractivity contribution < 1.29 is 38.1 Å². The molecule has 0 saturated heterocycles. The predicted molar refractivity (Wildman–Crippen MR) is 122 cm³/mol. The molecule has 10 nitrogen and oxygen atoms in total. The molecular weight excluding hydrogens is 432 g/mol. The van der Waals surface area contributed by atoms with Gasteiger partial charge in [0.25, 0.3) is 0 Å². The van der Waals surface area contributed by atoms with Crippen molar-refractivity contribution in [2.45, 2.75) is 46.8 Å². The minimum Gasteiger partial charge on any atom is -0.458 e. The molecule has 0 heterocycles. The number of carbonyl (C=O) groups is 4. The van der Waals surface area contributed by atoms with E-state index in [9.17, 15) is 19.2 Å².